The van der Waals surface area contributed by atoms with Gasteiger partial charge in [-0.25, -0.2) is 4.52 Å². The smallest absolute Gasteiger partial charge is 0.264 e. The fourth-order valence-electron chi connectivity index (χ4n) is 1.54. The molecule has 2 N–H and O–H groups in total. The Balaban J connectivity index is 0.000000209. The lowest BCUT2D eigenvalue weighted by Crippen LogP contribution is -1.89. The van der Waals surface area contributed by atoms with Crippen molar-refractivity contribution < 1.29 is 17.5 Å². The zero-order valence-electron chi connectivity index (χ0n) is 9.00. The van der Waals surface area contributed by atoms with Crippen molar-refractivity contribution in [1.29, 1.82) is 0 Å². The highest BCUT2D eigenvalue weighted by Crippen LogP contribution is 2.14. The van der Waals surface area contributed by atoms with E-state index in [9.17, 15) is 0 Å². The summed E-state index contributed by atoms with van der Waals surface area (Å²) in [5.74, 6) is 0. The van der Waals surface area contributed by atoms with Gasteiger partial charge in [-0.15, -0.1) is 5.10 Å². The number of nitrogens with zero attached hydrogens (tertiary/aromatic N) is 3. The van der Waals surface area contributed by atoms with E-state index in [1.807, 2.05) is 28.8 Å². The Morgan fingerprint density at radius 2 is 1.72 bits per heavy atom. The first-order valence-corrected chi connectivity index (χ1v) is 6.23. The van der Waals surface area contributed by atoms with Crippen LogP contribution in [0.1, 0.15) is 0 Å². The summed E-state index contributed by atoms with van der Waals surface area (Å²) in [6, 6.07) is 12.2. The Labute approximate surface area is 102 Å². The Bertz CT molecular complexity index is 774. The third-order valence-corrected chi connectivity index (χ3v) is 2.17. The molecule has 0 fully saturated rings. The second-order valence-corrected chi connectivity index (χ2v) is 4.31. The standard InChI is InChI=1S/C10H7N3.H2O4S/c1-2-4-10-8(3-1)5-6-9-7-11-12-13(9)10;1-5(2,3)4/h1-7H;(H2,1,2,3,4). The average Bonchev–Trinajstić information content (AvgIpc) is 2.75. The molecule has 3 rings (SSSR count). The second kappa shape index (κ2) is 4.69. The van der Waals surface area contributed by atoms with Crippen molar-refractivity contribution in [3.63, 3.8) is 0 Å². The van der Waals surface area contributed by atoms with Gasteiger partial charge >= 0.3 is 10.4 Å². The first kappa shape index (κ1) is 12.4. The quantitative estimate of drug-likeness (QED) is 0.593. The number of para-hydroxylation sites is 1. The molecular formula is C10H9N3O4S. The highest BCUT2D eigenvalue weighted by Gasteiger charge is 1.98. The summed E-state index contributed by atoms with van der Waals surface area (Å²) in [5, 5.41) is 9.06. The number of hydrogen-bond acceptors (Lipinski definition) is 4. The van der Waals surface area contributed by atoms with Crippen LogP contribution in [-0.4, -0.2) is 32.4 Å². The van der Waals surface area contributed by atoms with Gasteiger partial charge in [-0.2, -0.15) is 8.42 Å². The maximum atomic E-state index is 8.74. The number of hydrogen-bond donors (Lipinski definition) is 2. The lowest BCUT2D eigenvalue weighted by Gasteiger charge is -1.98. The van der Waals surface area contributed by atoms with E-state index in [-0.39, 0.29) is 0 Å². The molecule has 0 unspecified atom stereocenters. The van der Waals surface area contributed by atoms with Crippen LogP contribution in [0.25, 0.3) is 16.4 Å². The van der Waals surface area contributed by atoms with Gasteiger partial charge in [0, 0.05) is 5.39 Å². The van der Waals surface area contributed by atoms with Gasteiger partial charge in [0.15, 0.2) is 0 Å². The van der Waals surface area contributed by atoms with Crippen molar-refractivity contribution in [1.82, 2.24) is 14.8 Å². The molecule has 0 radical (unpaired) electrons. The molecule has 0 saturated heterocycles. The SMILES string of the molecule is O=S(=O)(O)O.c1ccc2c(c1)ccc1cnnn12. The molecule has 18 heavy (non-hydrogen) atoms. The van der Waals surface area contributed by atoms with Gasteiger partial charge < -0.3 is 0 Å². The third kappa shape index (κ3) is 3.00. The second-order valence-electron chi connectivity index (χ2n) is 3.41. The average molecular weight is 267 g/mol. The summed E-state index contributed by atoms with van der Waals surface area (Å²) in [6.07, 6.45) is 1.76. The lowest BCUT2D eigenvalue weighted by molar-refractivity contribution is 0.381. The number of pyridine rings is 1. The molecule has 0 spiro atoms. The maximum absolute atomic E-state index is 8.74. The van der Waals surface area contributed by atoms with Gasteiger partial charge in [0.2, 0.25) is 0 Å². The minimum Gasteiger partial charge on any atom is -0.264 e. The molecule has 0 aliphatic rings. The molecule has 0 atom stereocenters. The summed E-state index contributed by atoms with van der Waals surface area (Å²) in [7, 11) is -4.67. The first-order chi connectivity index (χ1) is 8.45. The van der Waals surface area contributed by atoms with Crippen molar-refractivity contribution in [2.75, 3.05) is 0 Å². The van der Waals surface area contributed by atoms with Gasteiger partial charge in [-0.1, -0.05) is 29.5 Å². The van der Waals surface area contributed by atoms with Gasteiger partial charge in [-0.3, -0.25) is 9.11 Å². The maximum Gasteiger partial charge on any atom is 0.394 e. The van der Waals surface area contributed by atoms with E-state index in [4.69, 9.17) is 17.5 Å². The van der Waals surface area contributed by atoms with Crippen molar-refractivity contribution in [3.8, 4) is 0 Å². The Hall–Kier alpha value is -2.03. The van der Waals surface area contributed by atoms with Gasteiger partial charge in [0.1, 0.15) is 0 Å². The number of benzene rings is 1. The minimum atomic E-state index is -4.67. The summed E-state index contributed by atoms with van der Waals surface area (Å²) in [6.45, 7) is 0. The van der Waals surface area contributed by atoms with Crippen molar-refractivity contribution in [3.05, 3.63) is 42.6 Å². The Morgan fingerprint density at radius 3 is 2.44 bits per heavy atom. The molecule has 3 aromatic rings. The van der Waals surface area contributed by atoms with Crippen LogP contribution in [0.2, 0.25) is 0 Å². The molecule has 2 heterocycles. The van der Waals surface area contributed by atoms with Crippen LogP contribution < -0.4 is 0 Å². The molecule has 0 amide bonds. The van der Waals surface area contributed by atoms with E-state index < -0.39 is 10.4 Å². The normalized spacial score (nSPS) is 11.2. The molecule has 0 aliphatic heterocycles. The van der Waals surface area contributed by atoms with Gasteiger partial charge in [0.05, 0.1) is 17.2 Å². The molecule has 0 bridgehead atoms. The highest BCUT2D eigenvalue weighted by molar-refractivity contribution is 7.79. The predicted molar refractivity (Wildman–Crippen MR) is 64.7 cm³/mol. The molecule has 2 aromatic heterocycles. The molecule has 1 aromatic carbocycles. The minimum absolute atomic E-state index is 1.03. The van der Waals surface area contributed by atoms with Crippen LogP contribution in [-0.2, 0) is 10.4 Å². The molecule has 0 saturated carbocycles. The van der Waals surface area contributed by atoms with E-state index >= 15 is 0 Å². The highest BCUT2D eigenvalue weighted by atomic mass is 32.3. The lowest BCUT2D eigenvalue weighted by atomic mass is 10.2. The van der Waals surface area contributed by atoms with Crippen LogP contribution in [0.5, 0.6) is 0 Å². The van der Waals surface area contributed by atoms with Gasteiger partial charge in [-0.05, 0) is 12.1 Å². The van der Waals surface area contributed by atoms with E-state index in [0.717, 1.165) is 11.0 Å². The molecule has 0 aliphatic carbocycles. The topological polar surface area (TPSA) is 105 Å². The Kier molecular flexibility index (Phi) is 3.24. The third-order valence-electron chi connectivity index (χ3n) is 2.17. The zero-order chi connectivity index (χ0) is 13.2. The predicted octanol–water partition coefficient (Wildman–Crippen LogP) is 1.23. The number of aromatic nitrogens is 3. The summed E-state index contributed by atoms with van der Waals surface area (Å²) < 4.78 is 33.4. The van der Waals surface area contributed by atoms with Crippen LogP contribution in [0.15, 0.2) is 42.6 Å². The largest absolute Gasteiger partial charge is 0.394 e. The van der Waals surface area contributed by atoms with Crippen LogP contribution in [0.4, 0.5) is 0 Å². The first-order valence-electron chi connectivity index (χ1n) is 4.83. The number of fused-ring (bicyclic) bond motifs is 3. The van der Waals surface area contributed by atoms with Crippen molar-refractivity contribution in [2.45, 2.75) is 0 Å². The Morgan fingerprint density at radius 1 is 1.06 bits per heavy atom. The molecular weight excluding hydrogens is 258 g/mol. The van der Waals surface area contributed by atoms with E-state index in [1.165, 1.54) is 5.39 Å². The number of rotatable bonds is 0. The molecule has 7 nitrogen and oxygen atoms in total. The summed E-state index contributed by atoms with van der Waals surface area (Å²) in [5.41, 5.74) is 2.12. The van der Waals surface area contributed by atoms with Crippen LogP contribution >= 0.6 is 0 Å². The van der Waals surface area contributed by atoms with Crippen molar-refractivity contribution in [2.24, 2.45) is 0 Å². The summed E-state index contributed by atoms with van der Waals surface area (Å²) in [4.78, 5) is 0. The van der Waals surface area contributed by atoms with Gasteiger partial charge in [0.25, 0.3) is 0 Å². The van der Waals surface area contributed by atoms with E-state index in [1.54, 1.807) is 6.20 Å². The molecule has 94 valence electrons. The molecule has 8 heteroatoms. The van der Waals surface area contributed by atoms with E-state index in [0.29, 0.717) is 0 Å². The van der Waals surface area contributed by atoms with Crippen molar-refractivity contribution >= 4 is 26.8 Å². The summed E-state index contributed by atoms with van der Waals surface area (Å²) >= 11 is 0. The van der Waals surface area contributed by atoms with Crippen LogP contribution in [0.3, 0.4) is 0 Å². The fraction of sp³-hybridized carbons (Fsp3) is 0. The zero-order valence-corrected chi connectivity index (χ0v) is 9.82. The van der Waals surface area contributed by atoms with Crippen LogP contribution in [0, 0.1) is 0 Å². The monoisotopic (exact) mass is 267 g/mol. The fourth-order valence-corrected chi connectivity index (χ4v) is 1.54. The van der Waals surface area contributed by atoms with E-state index in [2.05, 4.69) is 22.4 Å².